The molecule has 0 N–H and O–H groups in total. The van der Waals surface area contributed by atoms with Gasteiger partial charge in [0.1, 0.15) is 5.75 Å². The van der Waals surface area contributed by atoms with E-state index in [1.54, 1.807) is 18.5 Å². The second kappa shape index (κ2) is 6.31. The van der Waals surface area contributed by atoms with Crippen molar-refractivity contribution in [3.63, 3.8) is 0 Å². The molecule has 3 rings (SSSR count). The van der Waals surface area contributed by atoms with E-state index in [0.717, 1.165) is 22.5 Å². The zero-order valence-electron chi connectivity index (χ0n) is 14.7. The summed E-state index contributed by atoms with van der Waals surface area (Å²) in [7, 11) is 0. The number of ether oxygens (including phenoxy) is 1. The lowest BCUT2D eigenvalue weighted by Crippen LogP contribution is -2.29. The summed E-state index contributed by atoms with van der Waals surface area (Å²) in [6.45, 7) is 8.52. The third kappa shape index (κ3) is 3.61. The Labute approximate surface area is 143 Å². The van der Waals surface area contributed by atoms with Gasteiger partial charge in [0.15, 0.2) is 18.5 Å². The summed E-state index contributed by atoms with van der Waals surface area (Å²) < 4.78 is 6.79. The predicted molar refractivity (Wildman–Crippen MR) is 99.1 cm³/mol. The number of benzene rings is 1. The Morgan fingerprint density at radius 2 is 2.04 bits per heavy atom. The summed E-state index contributed by atoms with van der Waals surface area (Å²) >= 11 is 0. The molecule has 5 heteroatoms. The third-order valence-electron chi connectivity index (χ3n) is 4.40. The van der Waals surface area contributed by atoms with Crippen LogP contribution in [0, 0.1) is 5.21 Å². The second-order valence-corrected chi connectivity index (χ2v) is 7.46. The number of hydrogen-bond donors (Lipinski definition) is 0. The molecule has 124 valence electrons. The number of pyridine rings is 1. The summed E-state index contributed by atoms with van der Waals surface area (Å²) in [6.07, 6.45) is 5.52. The van der Waals surface area contributed by atoms with Crippen LogP contribution < -0.4 is 10.2 Å². The molecule has 0 bridgehead atoms. The summed E-state index contributed by atoms with van der Waals surface area (Å²) in [5.41, 5.74) is 3.10. The van der Waals surface area contributed by atoms with E-state index in [0.29, 0.717) is 12.6 Å². The fourth-order valence-corrected chi connectivity index (χ4v) is 2.85. The van der Waals surface area contributed by atoms with Crippen LogP contribution in [-0.4, -0.2) is 28.2 Å². The molecule has 1 aliphatic heterocycles. The van der Waals surface area contributed by atoms with Crippen LogP contribution in [0.3, 0.4) is 0 Å². The number of fused-ring (bicyclic) bond motifs is 1. The molecule has 2 aromatic rings. The van der Waals surface area contributed by atoms with E-state index in [1.807, 2.05) is 32.9 Å². The standard InChI is InChI=1S/C19H23BN2O2/c1-19(2,3)22(23)13-14-5-8-18(21-12-14)24-16-6-7-17-15(11-16)9-10-20(17)4/h5-8,11-13H,9-10H2,1-4H3/b22-13-. The first kappa shape index (κ1) is 16.6. The van der Waals surface area contributed by atoms with E-state index in [2.05, 4.69) is 23.9 Å². The van der Waals surface area contributed by atoms with Crippen molar-refractivity contribution in [1.29, 1.82) is 0 Å². The number of rotatable bonds is 3. The quantitative estimate of drug-likeness (QED) is 0.286. The minimum Gasteiger partial charge on any atom is -0.623 e. The zero-order chi connectivity index (χ0) is 17.3. The highest BCUT2D eigenvalue weighted by Gasteiger charge is 2.21. The van der Waals surface area contributed by atoms with E-state index in [4.69, 9.17) is 4.74 Å². The molecule has 0 amide bonds. The van der Waals surface area contributed by atoms with Crippen molar-refractivity contribution >= 4 is 18.4 Å². The molecule has 0 spiro atoms. The Morgan fingerprint density at radius 1 is 1.25 bits per heavy atom. The van der Waals surface area contributed by atoms with Crippen LogP contribution in [0.5, 0.6) is 11.6 Å². The minimum absolute atomic E-state index is 0.462. The number of nitrogens with zero attached hydrogens (tertiary/aromatic N) is 2. The van der Waals surface area contributed by atoms with Crippen LogP contribution in [0.2, 0.25) is 13.1 Å². The summed E-state index contributed by atoms with van der Waals surface area (Å²) in [5, 5.41) is 11.9. The van der Waals surface area contributed by atoms with Crippen LogP contribution in [-0.2, 0) is 6.42 Å². The van der Waals surface area contributed by atoms with E-state index in [1.165, 1.54) is 17.3 Å². The summed E-state index contributed by atoms with van der Waals surface area (Å²) in [6, 6.07) is 9.90. The van der Waals surface area contributed by atoms with Gasteiger partial charge in [-0.05, 0) is 24.6 Å². The lowest BCUT2D eigenvalue weighted by molar-refractivity contribution is -0.530. The van der Waals surface area contributed by atoms with Gasteiger partial charge in [0, 0.05) is 33.0 Å². The molecule has 1 aromatic heterocycles. The van der Waals surface area contributed by atoms with E-state index in [-0.39, 0.29) is 0 Å². The maximum Gasteiger partial charge on any atom is 0.219 e. The van der Waals surface area contributed by atoms with Crippen molar-refractivity contribution in [2.45, 2.75) is 45.9 Å². The lowest BCUT2D eigenvalue weighted by Gasteiger charge is -2.18. The first-order chi connectivity index (χ1) is 11.3. The van der Waals surface area contributed by atoms with Gasteiger partial charge in [-0.15, -0.1) is 0 Å². The van der Waals surface area contributed by atoms with Gasteiger partial charge in [0.25, 0.3) is 0 Å². The normalized spacial score (nSPS) is 14.7. The molecule has 1 aromatic carbocycles. The van der Waals surface area contributed by atoms with Gasteiger partial charge in [-0.2, -0.15) is 0 Å². The zero-order valence-corrected chi connectivity index (χ0v) is 14.7. The number of aromatic nitrogens is 1. The Kier molecular flexibility index (Phi) is 4.35. The van der Waals surface area contributed by atoms with Crippen molar-refractivity contribution in [2.75, 3.05) is 0 Å². The highest BCUT2D eigenvalue weighted by molar-refractivity contribution is 6.73. The fraction of sp³-hybridized carbons (Fsp3) is 0.368. The molecule has 24 heavy (non-hydrogen) atoms. The van der Waals surface area contributed by atoms with Crippen LogP contribution in [0.1, 0.15) is 31.9 Å². The smallest absolute Gasteiger partial charge is 0.219 e. The minimum atomic E-state index is -0.462. The molecule has 0 saturated heterocycles. The largest absolute Gasteiger partial charge is 0.623 e. The fourth-order valence-electron chi connectivity index (χ4n) is 2.85. The van der Waals surface area contributed by atoms with Crippen LogP contribution in [0.4, 0.5) is 0 Å². The maximum absolute atomic E-state index is 11.9. The molecule has 1 aliphatic rings. The highest BCUT2D eigenvalue weighted by Crippen LogP contribution is 2.23. The molecular weight excluding hydrogens is 299 g/mol. The van der Waals surface area contributed by atoms with Gasteiger partial charge >= 0.3 is 0 Å². The molecule has 0 fully saturated rings. The van der Waals surface area contributed by atoms with Gasteiger partial charge in [0.05, 0.1) is 5.56 Å². The van der Waals surface area contributed by atoms with Crippen molar-refractivity contribution < 1.29 is 9.48 Å². The van der Waals surface area contributed by atoms with Crippen molar-refractivity contribution in [1.82, 2.24) is 4.98 Å². The van der Waals surface area contributed by atoms with Gasteiger partial charge in [-0.25, -0.2) is 9.72 Å². The van der Waals surface area contributed by atoms with E-state index >= 15 is 0 Å². The van der Waals surface area contributed by atoms with Crippen LogP contribution in [0.15, 0.2) is 36.5 Å². The Bertz CT molecular complexity index is 764. The maximum atomic E-state index is 11.9. The van der Waals surface area contributed by atoms with Crippen LogP contribution >= 0.6 is 0 Å². The molecule has 0 saturated carbocycles. The SMILES string of the molecule is CB1CCc2cc(Oc3ccc(/C=[N+](\[O-])C(C)(C)C)cn3)ccc21. The number of aryl methyl sites for hydroxylation is 1. The Morgan fingerprint density at radius 3 is 2.71 bits per heavy atom. The topological polar surface area (TPSA) is 48.2 Å². The first-order valence-electron chi connectivity index (χ1n) is 8.41. The predicted octanol–water partition coefficient (Wildman–Crippen LogP) is 3.49. The molecule has 0 atom stereocenters. The molecule has 0 unspecified atom stereocenters. The summed E-state index contributed by atoms with van der Waals surface area (Å²) in [4.78, 5) is 4.30. The van der Waals surface area contributed by atoms with E-state index < -0.39 is 5.54 Å². The van der Waals surface area contributed by atoms with Gasteiger partial charge < -0.3 is 9.94 Å². The number of hydrogen-bond acceptors (Lipinski definition) is 3. The third-order valence-corrected chi connectivity index (χ3v) is 4.40. The molecule has 2 heterocycles. The summed E-state index contributed by atoms with van der Waals surface area (Å²) in [5.74, 6) is 1.35. The number of hydroxylamine groups is 1. The van der Waals surface area contributed by atoms with Crippen molar-refractivity contribution in [3.8, 4) is 11.6 Å². The monoisotopic (exact) mass is 322 g/mol. The first-order valence-corrected chi connectivity index (χ1v) is 8.41. The Balaban J connectivity index is 1.73. The average Bonchev–Trinajstić information content (AvgIpc) is 2.89. The van der Waals surface area contributed by atoms with Gasteiger partial charge in [-0.3, -0.25) is 0 Å². The second-order valence-electron chi connectivity index (χ2n) is 7.46. The average molecular weight is 322 g/mol. The van der Waals surface area contributed by atoms with Gasteiger partial charge in [-0.1, -0.05) is 30.2 Å². The molecule has 4 nitrogen and oxygen atoms in total. The van der Waals surface area contributed by atoms with Crippen molar-refractivity contribution in [2.24, 2.45) is 0 Å². The lowest BCUT2D eigenvalue weighted by atomic mass is 9.48. The van der Waals surface area contributed by atoms with Gasteiger partial charge in [0.2, 0.25) is 5.88 Å². The van der Waals surface area contributed by atoms with Crippen LogP contribution in [0.25, 0.3) is 0 Å². The Hall–Kier alpha value is -2.30. The molecular formula is C19H23BN2O2. The molecule has 0 radical (unpaired) electrons. The highest BCUT2D eigenvalue weighted by atomic mass is 16.5. The molecule has 0 aliphatic carbocycles. The van der Waals surface area contributed by atoms with Crippen molar-refractivity contribution in [3.05, 3.63) is 52.9 Å². The van der Waals surface area contributed by atoms with E-state index in [9.17, 15) is 5.21 Å².